The minimum absolute atomic E-state index is 0.246. The molecule has 4 nitrogen and oxygen atoms in total. The molecule has 0 radical (unpaired) electrons. The number of benzene rings is 3. The summed E-state index contributed by atoms with van der Waals surface area (Å²) in [5.74, 6) is 0. The number of nitrogens with two attached hydrogens (primary N) is 2. The lowest BCUT2D eigenvalue weighted by atomic mass is 9.95. The summed E-state index contributed by atoms with van der Waals surface area (Å²) in [5.41, 5.74) is 15.0. The van der Waals surface area contributed by atoms with E-state index in [2.05, 4.69) is 0 Å². The molecule has 0 aromatic heterocycles. The molecular formula is C21H22N2O2S. The number of aryl methyl sites for hydroxylation is 1. The van der Waals surface area contributed by atoms with Crippen LogP contribution in [0.1, 0.15) is 28.8 Å². The molecule has 0 aliphatic carbocycles. The molecule has 0 aliphatic heterocycles. The van der Waals surface area contributed by atoms with E-state index in [1.165, 1.54) is 0 Å². The molecular weight excluding hydrogens is 344 g/mol. The molecule has 0 amide bonds. The number of hydrogen-bond donors (Lipinski definition) is 2. The van der Waals surface area contributed by atoms with E-state index in [4.69, 9.17) is 11.5 Å². The first-order chi connectivity index (χ1) is 12.4. The highest BCUT2D eigenvalue weighted by molar-refractivity contribution is 7.91. The second-order valence-electron chi connectivity index (χ2n) is 6.30. The first kappa shape index (κ1) is 18.3. The van der Waals surface area contributed by atoms with Crippen molar-refractivity contribution in [1.29, 1.82) is 0 Å². The molecule has 3 aromatic carbocycles. The van der Waals surface area contributed by atoms with Gasteiger partial charge in [-0.3, -0.25) is 0 Å². The van der Waals surface area contributed by atoms with Gasteiger partial charge in [0, 0.05) is 12.1 Å². The minimum Gasteiger partial charge on any atom is -0.322 e. The molecule has 0 heterocycles. The highest BCUT2D eigenvalue weighted by Gasteiger charge is 2.21. The van der Waals surface area contributed by atoms with Gasteiger partial charge in [0.15, 0.2) is 0 Å². The Bertz CT molecular complexity index is 984. The fourth-order valence-corrected chi connectivity index (χ4v) is 4.44. The van der Waals surface area contributed by atoms with Gasteiger partial charge in [-0.1, -0.05) is 60.7 Å². The molecule has 0 bridgehead atoms. The molecule has 0 fully saturated rings. The van der Waals surface area contributed by atoms with Crippen molar-refractivity contribution in [1.82, 2.24) is 0 Å². The maximum absolute atomic E-state index is 12.8. The van der Waals surface area contributed by atoms with Crippen LogP contribution in [0.3, 0.4) is 0 Å². The van der Waals surface area contributed by atoms with Crippen LogP contribution in [-0.2, 0) is 9.84 Å². The normalized spacial score (nSPS) is 14.0. The first-order valence-corrected chi connectivity index (χ1v) is 9.86. The van der Waals surface area contributed by atoms with Gasteiger partial charge in [0.1, 0.15) is 0 Å². The van der Waals surface area contributed by atoms with Crippen LogP contribution in [-0.4, -0.2) is 8.42 Å². The van der Waals surface area contributed by atoms with Gasteiger partial charge in [0.25, 0.3) is 0 Å². The van der Waals surface area contributed by atoms with E-state index in [1.54, 1.807) is 49.4 Å². The summed E-state index contributed by atoms with van der Waals surface area (Å²) in [6, 6.07) is 22.4. The quantitative estimate of drug-likeness (QED) is 0.723. The summed E-state index contributed by atoms with van der Waals surface area (Å²) in [6.07, 6.45) is 0. The fraction of sp³-hybridized carbons (Fsp3) is 0.143. The summed E-state index contributed by atoms with van der Waals surface area (Å²) in [4.78, 5) is 0.564. The van der Waals surface area contributed by atoms with E-state index < -0.39 is 15.9 Å². The Balaban J connectivity index is 1.88. The van der Waals surface area contributed by atoms with Crippen molar-refractivity contribution in [3.05, 3.63) is 95.6 Å². The molecule has 2 atom stereocenters. The van der Waals surface area contributed by atoms with Crippen molar-refractivity contribution in [2.45, 2.75) is 28.8 Å². The zero-order valence-corrected chi connectivity index (χ0v) is 15.4. The van der Waals surface area contributed by atoms with Gasteiger partial charge in [-0.05, 0) is 41.8 Å². The van der Waals surface area contributed by atoms with Crippen LogP contribution in [0.15, 0.2) is 88.7 Å². The summed E-state index contributed by atoms with van der Waals surface area (Å²) in [6.45, 7) is 1.79. The van der Waals surface area contributed by atoms with Crippen molar-refractivity contribution in [3.8, 4) is 0 Å². The lowest BCUT2D eigenvalue weighted by Crippen LogP contribution is -2.26. The highest BCUT2D eigenvalue weighted by Crippen LogP contribution is 2.28. The van der Waals surface area contributed by atoms with E-state index in [9.17, 15) is 8.42 Å². The van der Waals surface area contributed by atoms with Crippen molar-refractivity contribution in [3.63, 3.8) is 0 Å². The largest absolute Gasteiger partial charge is 0.322 e. The fourth-order valence-electron chi connectivity index (χ4n) is 2.94. The number of rotatable bonds is 5. The number of hydrogen-bond acceptors (Lipinski definition) is 4. The zero-order chi connectivity index (χ0) is 18.7. The monoisotopic (exact) mass is 366 g/mol. The van der Waals surface area contributed by atoms with Gasteiger partial charge in [0.2, 0.25) is 9.84 Å². The van der Waals surface area contributed by atoms with E-state index in [1.807, 2.05) is 36.4 Å². The Morgan fingerprint density at radius 2 is 1.19 bits per heavy atom. The third kappa shape index (κ3) is 3.55. The van der Waals surface area contributed by atoms with Crippen LogP contribution in [0.25, 0.3) is 0 Å². The molecule has 0 saturated heterocycles. The van der Waals surface area contributed by atoms with Crippen LogP contribution in [0.2, 0.25) is 0 Å². The lowest BCUT2D eigenvalue weighted by molar-refractivity contribution is 0.573. The van der Waals surface area contributed by atoms with Crippen LogP contribution in [0.5, 0.6) is 0 Å². The standard InChI is InChI=1S/C21H22N2O2S/c1-15-7-5-6-10-19(15)26(24,25)18-13-11-17(12-14-18)21(23)20(22)16-8-3-2-4-9-16/h2-14,20-21H,22-23H2,1H3/t20-,21-/m0/s1. The first-order valence-electron chi connectivity index (χ1n) is 8.38. The van der Waals surface area contributed by atoms with Crippen molar-refractivity contribution in [2.24, 2.45) is 11.5 Å². The minimum atomic E-state index is -3.56. The summed E-state index contributed by atoms with van der Waals surface area (Å²) in [5, 5.41) is 0. The molecule has 3 rings (SSSR count). The molecule has 5 heteroatoms. The maximum atomic E-state index is 12.8. The summed E-state index contributed by atoms with van der Waals surface area (Å²) in [7, 11) is -3.56. The summed E-state index contributed by atoms with van der Waals surface area (Å²) >= 11 is 0. The molecule has 0 spiro atoms. The van der Waals surface area contributed by atoms with Crippen LogP contribution in [0.4, 0.5) is 0 Å². The third-order valence-electron chi connectivity index (χ3n) is 4.53. The van der Waals surface area contributed by atoms with E-state index >= 15 is 0 Å². The maximum Gasteiger partial charge on any atom is 0.206 e. The topological polar surface area (TPSA) is 86.2 Å². The Hall–Kier alpha value is -2.47. The predicted octanol–water partition coefficient (Wildman–Crippen LogP) is 3.53. The number of sulfone groups is 1. The Kier molecular flexibility index (Phi) is 5.23. The van der Waals surface area contributed by atoms with E-state index in [-0.39, 0.29) is 10.9 Å². The second-order valence-corrected chi connectivity index (χ2v) is 8.22. The third-order valence-corrected chi connectivity index (χ3v) is 6.46. The molecule has 4 N–H and O–H groups in total. The smallest absolute Gasteiger partial charge is 0.206 e. The van der Waals surface area contributed by atoms with Gasteiger partial charge >= 0.3 is 0 Å². The Morgan fingerprint density at radius 1 is 0.692 bits per heavy atom. The second kappa shape index (κ2) is 7.41. The van der Waals surface area contributed by atoms with Gasteiger partial charge in [-0.25, -0.2) is 8.42 Å². The van der Waals surface area contributed by atoms with E-state index in [0.717, 1.165) is 16.7 Å². The van der Waals surface area contributed by atoms with Gasteiger partial charge in [-0.2, -0.15) is 0 Å². The Labute approximate surface area is 154 Å². The summed E-state index contributed by atoms with van der Waals surface area (Å²) < 4.78 is 25.7. The van der Waals surface area contributed by atoms with Crippen molar-refractivity contribution >= 4 is 9.84 Å². The van der Waals surface area contributed by atoms with Gasteiger partial charge < -0.3 is 11.5 Å². The lowest BCUT2D eigenvalue weighted by Gasteiger charge is -2.21. The highest BCUT2D eigenvalue weighted by atomic mass is 32.2. The zero-order valence-electron chi connectivity index (χ0n) is 14.5. The van der Waals surface area contributed by atoms with E-state index in [0.29, 0.717) is 4.90 Å². The molecule has 0 saturated carbocycles. The molecule has 26 heavy (non-hydrogen) atoms. The van der Waals surface area contributed by atoms with Gasteiger partial charge in [0.05, 0.1) is 9.79 Å². The SMILES string of the molecule is Cc1ccccc1S(=O)(=O)c1ccc([C@H](N)[C@@H](N)c2ccccc2)cc1. The molecule has 0 aliphatic rings. The van der Waals surface area contributed by atoms with Gasteiger partial charge in [-0.15, -0.1) is 0 Å². The van der Waals surface area contributed by atoms with Crippen LogP contribution in [0, 0.1) is 6.92 Å². The Morgan fingerprint density at radius 3 is 1.77 bits per heavy atom. The molecule has 134 valence electrons. The predicted molar refractivity (Wildman–Crippen MR) is 103 cm³/mol. The average Bonchev–Trinajstić information content (AvgIpc) is 2.68. The van der Waals surface area contributed by atoms with Crippen LogP contribution < -0.4 is 11.5 Å². The van der Waals surface area contributed by atoms with Crippen molar-refractivity contribution < 1.29 is 8.42 Å². The van der Waals surface area contributed by atoms with Crippen LogP contribution >= 0.6 is 0 Å². The van der Waals surface area contributed by atoms with Crippen molar-refractivity contribution in [2.75, 3.05) is 0 Å². The molecule has 0 unspecified atom stereocenters. The molecule has 3 aromatic rings. The average molecular weight is 366 g/mol.